The minimum atomic E-state index is -0.722. The summed E-state index contributed by atoms with van der Waals surface area (Å²) in [5, 5.41) is 4.28. The van der Waals surface area contributed by atoms with Crippen LogP contribution in [0.1, 0.15) is 11.3 Å². The minimum Gasteiger partial charge on any atom is -0.233 e. The molecule has 0 amide bonds. The van der Waals surface area contributed by atoms with Crippen molar-refractivity contribution in [3.05, 3.63) is 46.2 Å². The molecule has 0 aliphatic carbocycles. The van der Waals surface area contributed by atoms with Gasteiger partial charge >= 0.3 is 0 Å². The van der Waals surface area contributed by atoms with Gasteiger partial charge in [0, 0.05) is 12.1 Å². The molecule has 0 spiro atoms. The number of aryl methyl sites for hydroxylation is 1. The Bertz CT molecular complexity index is 524. The van der Waals surface area contributed by atoms with Gasteiger partial charge in [-0.05, 0) is 24.6 Å². The van der Waals surface area contributed by atoms with E-state index < -0.39 is 11.6 Å². The first-order valence-electron chi connectivity index (χ1n) is 4.79. The second-order valence-electron chi connectivity index (χ2n) is 3.55. The Morgan fingerprint density at radius 1 is 1.29 bits per heavy atom. The zero-order valence-corrected chi connectivity index (χ0v) is 10.4. The van der Waals surface area contributed by atoms with Gasteiger partial charge in [0.2, 0.25) is 0 Å². The zero-order chi connectivity index (χ0) is 12.6. The average Bonchev–Trinajstić information content (AvgIpc) is 2.57. The third kappa shape index (κ3) is 2.28. The third-order valence-electron chi connectivity index (χ3n) is 2.30. The molecule has 0 atom stereocenters. The molecule has 2 nitrogen and oxygen atoms in total. The Labute approximate surface area is 107 Å². The lowest BCUT2D eigenvalue weighted by Gasteiger charge is -2.06. The van der Waals surface area contributed by atoms with Gasteiger partial charge in [0.05, 0.1) is 10.7 Å². The summed E-state index contributed by atoms with van der Waals surface area (Å²) in [6.45, 7) is 1.65. The van der Waals surface area contributed by atoms with Gasteiger partial charge in [-0.25, -0.2) is 13.5 Å². The predicted octanol–water partition coefficient (Wildman–Crippen LogP) is 3.85. The summed E-state index contributed by atoms with van der Waals surface area (Å²) in [4.78, 5) is 0. The van der Waals surface area contributed by atoms with Gasteiger partial charge in [0.25, 0.3) is 0 Å². The molecule has 2 rings (SSSR count). The molecule has 0 saturated heterocycles. The number of hydrogen-bond acceptors (Lipinski definition) is 1. The number of halogens is 4. The average molecular weight is 277 g/mol. The van der Waals surface area contributed by atoms with Crippen LogP contribution in [0.4, 0.5) is 8.78 Å². The van der Waals surface area contributed by atoms with Gasteiger partial charge in [-0.2, -0.15) is 5.10 Å². The quantitative estimate of drug-likeness (QED) is 0.762. The Hall–Kier alpha value is -1.13. The van der Waals surface area contributed by atoms with E-state index in [2.05, 4.69) is 5.10 Å². The van der Waals surface area contributed by atoms with Crippen LogP contribution in [0.3, 0.4) is 0 Å². The molecule has 1 aromatic carbocycles. The van der Waals surface area contributed by atoms with Crippen LogP contribution >= 0.6 is 23.2 Å². The fourth-order valence-corrected chi connectivity index (χ4v) is 1.75. The zero-order valence-electron chi connectivity index (χ0n) is 8.85. The molecule has 90 valence electrons. The van der Waals surface area contributed by atoms with E-state index in [1.807, 2.05) is 0 Å². The minimum absolute atomic E-state index is 0.0486. The SMILES string of the molecule is Cc1nn(-c2c(F)cc(CCl)cc2F)cc1Cl. The van der Waals surface area contributed by atoms with E-state index in [4.69, 9.17) is 23.2 Å². The van der Waals surface area contributed by atoms with Crippen molar-refractivity contribution < 1.29 is 8.78 Å². The largest absolute Gasteiger partial charge is 0.233 e. The van der Waals surface area contributed by atoms with E-state index >= 15 is 0 Å². The van der Waals surface area contributed by atoms with Crippen molar-refractivity contribution in [3.63, 3.8) is 0 Å². The second kappa shape index (κ2) is 4.63. The summed E-state index contributed by atoms with van der Waals surface area (Å²) in [6.07, 6.45) is 1.36. The maximum atomic E-state index is 13.7. The highest BCUT2D eigenvalue weighted by Crippen LogP contribution is 2.23. The van der Waals surface area contributed by atoms with Crippen LogP contribution in [0.25, 0.3) is 5.69 Å². The lowest BCUT2D eigenvalue weighted by Crippen LogP contribution is -2.03. The van der Waals surface area contributed by atoms with Crippen molar-refractivity contribution in [1.29, 1.82) is 0 Å². The molecule has 0 aliphatic rings. The molecular formula is C11H8Cl2F2N2. The molecule has 6 heteroatoms. The molecule has 0 radical (unpaired) electrons. The molecule has 0 unspecified atom stereocenters. The lowest BCUT2D eigenvalue weighted by molar-refractivity contribution is 0.557. The molecule has 0 aliphatic heterocycles. The van der Waals surface area contributed by atoms with Crippen molar-refractivity contribution in [2.75, 3.05) is 0 Å². The van der Waals surface area contributed by atoms with E-state index in [0.717, 1.165) is 4.68 Å². The number of rotatable bonds is 2. The fraction of sp³-hybridized carbons (Fsp3) is 0.182. The van der Waals surface area contributed by atoms with E-state index in [1.165, 1.54) is 18.3 Å². The molecule has 2 aromatic rings. The number of aromatic nitrogens is 2. The van der Waals surface area contributed by atoms with Crippen molar-refractivity contribution >= 4 is 23.2 Å². The van der Waals surface area contributed by atoms with E-state index in [-0.39, 0.29) is 11.6 Å². The topological polar surface area (TPSA) is 17.8 Å². The lowest BCUT2D eigenvalue weighted by atomic mass is 10.2. The maximum absolute atomic E-state index is 13.7. The Morgan fingerprint density at radius 2 is 1.88 bits per heavy atom. The third-order valence-corrected chi connectivity index (χ3v) is 2.98. The van der Waals surface area contributed by atoms with Gasteiger partial charge in [-0.3, -0.25) is 0 Å². The number of benzene rings is 1. The van der Waals surface area contributed by atoms with Crippen LogP contribution in [-0.2, 0) is 5.88 Å². The van der Waals surface area contributed by atoms with Crippen LogP contribution in [0.2, 0.25) is 5.02 Å². The van der Waals surface area contributed by atoms with E-state index in [0.29, 0.717) is 16.3 Å². The predicted molar refractivity (Wildman–Crippen MR) is 62.8 cm³/mol. The summed E-state index contributed by atoms with van der Waals surface area (Å²) in [5.41, 5.74) is 0.626. The Kier molecular flexibility index (Phi) is 3.35. The first-order chi connectivity index (χ1) is 8.02. The van der Waals surface area contributed by atoms with Gasteiger partial charge < -0.3 is 0 Å². The van der Waals surface area contributed by atoms with Gasteiger partial charge in [-0.15, -0.1) is 11.6 Å². The highest BCUT2D eigenvalue weighted by atomic mass is 35.5. The highest BCUT2D eigenvalue weighted by molar-refractivity contribution is 6.31. The summed E-state index contributed by atoms with van der Waals surface area (Å²) in [7, 11) is 0. The fourth-order valence-electron chi connectivity index (χ4n) is 1.47. The smallest absolute Gasteiger partial charge is 0.152 e. The summed E-state index contributed by atoms with van der Waals surface area (Å²) >= 11 is 11.3. The van der Waals surface area contributed by atoms with Gasteiger partial charge in [0.15, 0.2) is 11.6 Å². The number of hydrogen-bond donors (Lipinski definition) is 0. The Balaban J connectivity index is 2.59. The van der Waals surface area contributed by atoms with Crippen molar-refractivity contribution in [2.24, 2.45) is 0 Å². The van der Waals surface area contributed by atoms with Crippen LogP contribution < -0.4 is 0 Å². The second-order valence-corrected chi connectivity index (χ2v) is 4.22. The standard InChI is InChI=1S/C11H8Cl2F2N2/c1-6-8(13)5-17(16-6)11-9(14)2-7(4-12)3-10(11)15/h2-3,5H,4H2,1H3. The van der Waals surface area contributed by atoms with Crippen LogP contribution in [0.15, 0.2) is 18.3 Å². The molecule has 1 aromatic heterocycles. The highest BCUT2D eigenvalue weighted by Gasteiger charge is 2.15. The summed E-state index contributed by atoms with van der Waals surface area (Å²) < 4.78 is 28.5. The molecule has 0 bridgehead atoms. The normalized spacial score (nSPS) is 10.9. The number of nitrogens with zero attached hydrogens (tertiary/aromatic N) is 2. The number of alkyl halides is 1. The van der Waals surface area contributed by atoms with E-state index in [1.54, 1.807) is 6.92 Å². The first kappa shape index (κ1) is 12.3. The molecule has 0 N–H and O–H groups in total. The van der Waals surface area contributed by atoms with Gasteiger partial charge in [0.1, 0.15) is 5.69 Å². The van der Waals surface area contributed by atoms with Crippen molar-refractivity contribution in [1.82, 2.24) is 9.78 Å². The van der Waals surface area contributed by atoms with Crippen molar-refractivity contribution in [2.45, 2.75) is 12.8 Å². The van der Waals surface area contributed by atoms with E-state index in [9.17, 15) is 8.78 Å². The monoisotopic (exact) mass is 276 g/mol. The molecule has 1 heterocycles. The summed E-state index contributed by atoms with van der Waals surface area (Å²) in [6, 6.07) is 2.35. The summed E-state index contributed by atoms with van der Waals surface area (Å²) in [5.74, 6) is -1.40. The van der Waals surface area contributed by atoms with Crippen molar-refractivity contribution in [3.8, 4) is 5.69 Å². The molecular weight excluding hydrogens is 269 g/mol. The first-order valence-corrected chi connectivity index (χ1v) is 5.70. The van der Waals surface area contributed by atoms with Crippen LogP contribution in [0, 0.1) is 18.6 Å². The van der Waals surface area contributed by atoms with Crippen LogP contribution in [0.5, 0.6) is 0 Å². The molecule has 0 fully saturated rings. The Morgan fingerprint density at radius 3 is 2.29 bits per heavy atom. The van der Waals surface area contributed by atoms with Gasteiger partial charge in [-0.1, -0.05) is 11.6 Å². The van der Waals surface area contributed by atoms with Crippen LogP contribution in [-0.4, -0.2) is 9.78 Å². The molecule has 17 heavy (non-hydrogen) atoms. The molecule has 0 saturated carbocycles. The maximum Gasteiger partial charge on any atom is 0.152 e.